The van der Waals surface area contributed by atoms with Gasteiger partial charge in [-0.25, -0.2) is 9.97 Å². The first-order chi connectivity index (χ1) is 15.3. The summed E-state index contributed by atoms with van der Waals surface area (Å²) in [5, 5.41) is 6.59. The predicted molar refractivity (Wildman–Crippen MR) is 104 cm³/mol. The third-order valence-electron chi connectivity index (χ3n) is 4.35. The molecular weight excluding hydrogens is 456 g/mol. The van der Waals surface area contributed by atoms with Gasteiger partial charge in [0.05, 0.1) is 17.2 Å². The molecule has 2 heterocycles. The number of alkyl halides is 6. The van der Waals surface area contributed by atoms with Crippen molar-refractivity contribution in [2.75, 3.05) is 19.0 Å². The summed E-state index contributed by atoms with van der Waals surface area (Å²) in [7, 11) is 3.31. The largest absolute Gasteiger partial charge is 0.416 e. The van der Waals surface area contributed by atoms with Crippen LogP contribution in [-0.4, -0.2) is 44.7 Å². The highest BCUT2D eigenvalue weighted by molar-refractivity contribution is 5.94. The van der Waals surface area contributed by atoms with Gasteiger partial charge in [0.15, 0.2) is 5.82 Å². The van der Waals surface area contributed by atoms with E-state index in [1.807, 2.05) is 0 Å². The van der Waals surface area contributed by atoms with Crippen LogP contribution in [-0.2, 0) is 12.4 Å². The topological polar surface area (TPSA) is 88.8 Å². The van der Waals surface area contributed by atoms with E-state index in [1.54, 1.807) is 25.1 Å². The molecule has 0 saturated heterocycles. The van der Waals surface area contributed by atoms with Crippen molar-refractivity contribution in [3.63, 3.8) is 0 Å². The van der Waals surface area contributed by atoms with Crippen molar-refractivity contribution >= 4 is 11.9 Å². The Kier molecular flexibility index (Phi) is 6.29. The van der Waals surface area contributed by atoms with Crippen molar-refractivity contribution in [1.29, 1.82) is 0 Å². The van der Waals surface area contributed by atoms with Crippen LogP contribution in [0.5, 0.6) is 0 Å². The second-order valence-corrected chi connectivity index (χ2v) is 7.11. The van der Waals surface area contributed by atoms with Gasteiger partial charge < -0.3 is 10.2 Å². The Labute approximate surface area is 183 Å². The molecule has 0 fully saturated rings. The summed E-state index contributed by atoms with van der Waals surface area (Å²) >= 11 is 0. The van der Waals surface area contributed by atoms with Gasteiger partial charge in [0.1, 0.15) is 0 Å². The van der Waals surface area contributed by atoms with Crippen LogP contribution in [0.2, 0.25) is 0 Å². The summed E-state index contributed by atoms with van der Waals surface area (Å²) in [5.41, 5.74) is -3.99. The number of nitrogens with zero attached hydrogens (tertiary/aromatic N) is 6. The third-order valence-corrected chi connectivity index (χ3v) is 4.35. The lowest BCUT2D eigenvalue weighted by molar-refractivity contribution is -0.143. The van der Waals surface area contributed by atoms with Gasteiger partial charge in [-0.2, -0.15) is 36.0 Å². The number of carbonyl (C=O) groups is 1. The zero-order valence-corrected chi connectivity index (χ0v) is 17.4. The van der Waals surface area contributed by atoms with E-state index in [-0.39, 0.29) is 23.8 Å². The van der Waals surface area contributed by atoms with Crippen molar-refractivity contribution in [2.24, 2.45) is 0 Å². The van der Waals surface area contributed by atoms with E-state index < -0.39 is 41.0 Å². The summed E-state index contributed by atoms with van der Waals surface area (Å²) in [5.74, 6) is -0.722. The van der Waals surface area contributed by atoms with Crippen molar-refractivity contribution in [3.8, 4) is 5.95 Å². The molecule has 14 heteroatoms. The van der Waals surface area contributed by atoms with Crippen molar-refractivity contribution in [1.82, 2.24) is 30.0 Å². The predicted octanol–water partition coefficient (Wildman–Crippen LogP) is 3.65. The van der Waals surface area contributed by atoms with Crippen molar-refractivity contribution in [3.05, 3.63) is 59.2 Å². The Hall–Kier alpha value is -3.71. The van der Waals surface area contributed by atoms with Gasteiger partial charge in [-0.15, -0.1) is 5.10 Å². The Morgan fingerprint density at radius 1 is 1.00 bits per heavy atom. The highest BCUT2D eigenvalue weighted by Crippen LogP contribution is 2.36. The molecule has 33 heavy (non-hydrogen) atoms. The quantitative estimate of drug-likeness (QED) is 0.570. The van der Waals surface area contributed by atoms with Crippen molar-refractivity contribution < 1.29 is 31.1 Å². The lowest BCUT2D eigenvalue weighted by Gasteiger charge is -2.16. The first kappa shape index (κ1) is 23.9. The van der Waals surface area contributed by atoms with Gasteiger partial charge in [-0.1, -0.05) is 0 Å². The summed E-state index contributed by atoms with van der Waals surface area (Å²) in [6.07, 6.45) is -7.28. The summed E-state index contributed by atoms with van der Waals surface area (Å²) in [4.78, 5) is 26.6. The van der Waals surface area contributed by atoms with Crippen LogP contribution in [0, 0.1) is 0 Å². The van der Waals surface area contributed by atoms with Gasteiger partial charge >= 0.3 is 12.4 Å². The number of aromatic nitrogens is 5. The molecule has 0 unspecified atom stereocenters. The van der Waals surface area contributed by atoms with Crippen LogP contribution < -0.4 is 10.2 Å². The molecule has 1 aromatic carbocycles. The molecule has 0 aliphatic carbocycles. The Morgan fingerprint density at radius 2 is 1.55 bits per heavy atom. The molecule has 1 N–H and O–H groups in total. The fourth-order valence-corrected chi connectivity index (χ4v) is 2.76. The summed E-state index contributed by atoms with van der Waals surface area (Å²) < 4.78 is 79.9. The van der Waals surface area contributed by atoms with Crippen LogP contribution in [0.25, 0.3) is 5.95 Å². The van der Waals surface area contributed by atoms with Crippen LogP contribution in [0.15, 0.2) is 36.7 Å². The standard InChI is InChI=1S/C19H17F6N7O/c1-10(14-29-17(31(2)3)30-32(14)16-26-5-4-6-27-16)28-15(33)11-7-12(18(20,21)22)9-13(8-11)19(23,24)25/h4-10H,1-3H3,(H,28,33)/t10-/m0/s1. The SMILES string of the molecule is C[C@H](NC(=O)c1cc(C(F)(F)F)cc(C(F)(F)F)c1)c1nc(N(C)C)nn1-c1ncccn1. The normalized spacial score (nSPS) is 13.0. The van der Waals surface area contributed by atoms with Crippen LogP contribution >= 0.6 is 0 Å². The smallest absolute Gasteiger partial charge is 0.346 e. The average Bonchev–Trinajstić information content (AvgIpc) is 3.19. The molecule has 2 aromatic heterocycles. The van der Waals surface area contributed by atoms with Crippen molar-refractivity contribution in [2.45, 2.75) is 25.3 Å². The molecule has 0 aliphatic heterocycles. The number of carbonyl (C=O) groups excluding carboxylic acids is 1. The average molecular weight is 473 g/mol. The maximum Gasteiger partial charge on any atom is 0.416 e. The monoisotopic (exact) mass is 473 g/mol. The highest BCUT2D eigenvalue weighted by Gasteiger charge is 2.37. The summed E-state index contributed by atoms with van der Waals surface area (Å²) in [6, 6.07) is 1.24. The first-order valence-corrected chi connectivity index (χ1v) is 9.29. The van der Waals surface area contributed by atoms with Crippen LogP contribution in [0.4, 0.5) is 32.3 Å². The lowest BCUT2D eigenvalue weighted by atomic mass is 10.0. The minimum atomic E-state index is -5.08. The number of rotatable bonds is 5. The molecule has 3 rings (SSSR count). The van der Waals surface area contributed by atoms with Crippen LogP contribution in [0.1, 0.15) is 40.3 Å². The molecule has 1 atom stereocenters. The molecule has 0 saturated carbocycles. The second-order valence-electron chi connectivity index (χ2n) is 7.11. The van der Waals surface area contributed by atoms with E-state index in [1.165, 1.54) is 24.0 Å². The number of hydrogen-bond acceptors (Lipinski definition) is 6. The van der Waals surface area contributed by atoms with Gasteiger partial charge in [-0.05, 0) is 31.2 Å². The molecular formula is C19H17F6N7O. The number of nitrogens with one attached hydrogen (secondary N) is 1. The minimum Gasteiger partial charge on any atom is -0.346 e. The molecule has 0 aliphatic rings. The fraction of sp³-hybridized carbons (Fsp3) is 0.316. The molecule has 1 amide bonds. The number of anilines is 1. The number of hydrogen-bond donors (Lipinski definition) is 1. The van der Waals surface area contributed by atoms with E-state index in [0.717, 1.165) is 0 Å². The van der Waals surface area contributed by atoms with Gasteiger partial charge in [0.25, 0.3) is 11.9 Å². The maximum atomic E-state index is 13.1. The Bertz CT molecular complexity index is 1110. The lowest BCUT2D eigenvalue weighted by Crippen LogP contribution is -2.29. The first-order valence-electron chi connectivity index (χ1n) is 9.29. The number of benzene rings is 1. The second kappa shape index (κ2) is 8.67. The molecule has 8 nitrogen and oxygen atoms in total. The van der Waals surface area contributed by atoms with E-state index in [9.17, 15) is 31.1 Å². The van der Waals surface area contributed by atoms with E-state index in [2.05, 4.69) is 25.4 Å². The van der Waals surface area contributed by atoms with E-state index in [0.29, 0.717) is 12.1 Å². The van der Waals surface area contributed by atoms with Gasteiger partial charge in [0, 0.05) is 32.1 Å². The molecule has 3 aromatic rings. The van der Waals surface area contributed by atoms with Crippen LogP contribution in [0.3, 0.4) is 0 Å². The molecule has 176 valence electrons. The van der Waals surface area contributed by atoms with E-state index in [4.69, 9.17) is 0 Å². The van der Waals surface area contributed by atoms with Gasteiger partial charge in [0.2, 0.25) is 5.95 Å². The molecule has 0 spiro atoms. The fourth-order valence-electron chi connectivity index (χ4n) is 2.76. The molecule has 0 radical (unpaired) electrons. The number of halogens is 6. The third kappa shape index (κ3) is 5.38. The Balaban J connectivity index is 1.97. The maximum absolute atomic E-state index is 13.1. The zero-order chi connectivity index (χ0) is 24.6. The zero-order valence-electron chi connectivity index (χ0n) is 17.4. The molecule has 0 bridgehead atoms. The minimum absolute atomic E-state index is 0.0487. The summed E-state index contributed by atoms with van der Waals surface area (Å²) in [6.45, 7) is 1.44. The number of amides is 1. The Morgan fingerprint density at radius 3 is 2.03 bits per heavy atom. The van der Waals surface area contributed by atoms with Gasteiger partial charge in [-0.3, -0.25) is 4.79 Å². The highest BCUT2D eigenvalue weighted by atomic mass is 19.4. The van der Waals surface area contributed by atoms with E-state index >= 15 is 0 Å².